The van der Waals surface area contributed by atoms with Crippen molar-refractivity contribution >= 4 is 11.6 Å². The third-order valence-electron chi connectivity index (χ3n) is 1.82. The molecule has 1 amide bonds. The van der Waals surface area contributed by atoms with Gasteiger partial charge in [-0.15, -0.1) is 0 Å². The molecule has 0 spiro atoms. The van der Waals surface area contributed by atoms with Crippen molar-refractivity contribution in [3.05, 3.63) is 29.3 Å². The first kappa shape index (κ1) is 10.1. The Balaban J connectivity index is 2.85. The molecule has 0 aliphatic heterocycles. The molecule has 72 valence electrons. The van der Waals surface area contributed by atoms with Crippen molar-refractivity contribution in [1.29, 1.82) is 5.26 Å². The molecule has 14 heavy (non-hydrogen) atoms. The molecule has 1 aromatic carbocycles. The average molecular weight is 189 g/mol. The molecular weight excluding hydrogens is 178 g/mol. The predicted octanol–water partition coefficient (Wildman–Crippen LogP) is 0.764. The van der Waals surface area contributed by atoms with Crippen molar-refractivity contribution in [3.8, 4) is 6.07 Å². The smallest absolute Gasteiger partial charge is 0.236 e. The summed E-state index contributed by atoms with van der Waals surface area (Å²) in [5, 5.41) is 11.5. The van der Waals surface area contributed by atoms with Gasteiger partial charge in [-0.1, -0.05) is 6.07 Å². The molecule has 1 rings (SSSR count). The number of anilines is 1. The quantitative estimate of drug-likeness (QED) is 0.736. The highest BCUT2D eigenvalue weighted by atomic mass is 16.1. The summed E-state index contributed by atoms with van der Waals surface area (Å²) in [5.41, 5.74) is 7.30. The summed E-state index contributed by atoms with van der Waals surface area (Å²) in [6.07, 6.45) is 0. The lowest BCUT2D eigenvalue weighted by molar-refractivity contribution is -0.116. The number of amides is 1. The number of aryl methyl sites for hydroxylation is 1. The summed E-state index contributed by atoms with van der Waals surface area (Å²) < 4.78 is 0. The molecule has 0 aliphatic carbocycles. The number of nitrogens with one attached hydrogen (secondary N) is 1. The Bertz CT molecular complexity index is 393. The van der Waals surface area contributed by atoms with Crippen LogP contribution in [0.15, 0.2) is 18.2 Å². The lowest BCUT2D eigenvalue weighted by Gasteiger charge is -2.07. The van der Waals surface area contributed by atoms with E-state index in [2.05, 4.69) is 5.32 Å². The summed E-state index contributed by atoms with van der Waals surface area (Å²) in [5.74, 6) is -0.424. The van der Waals surface area contributed by atoms with Crippen molar-refractivity contribution in [2.75, 3.05) is 11.9 Å². The van der Waals surface area contributed by atoms with Crippen LogP contribution in [0, 0.1) is 18.3 Å². The van der Waals surface area contributed by atoms with Crippen molar-refractivity contribution in [1.82, 2.24) is 0 Å². The minimum Gasteiger partial charge on any atom is -0.376 e. The first-order chi connectivity index (χ1) is 6.63. The van der Waals surface area contributed by atoms with Gasteiger partial charge in [-0.3, -0.25) is 4.79 Å². The van der Waals surface area contributed by atoms with Crippen molar-refractivity contribution < 1.29 is 4.79 Å². The van der Waals surface area contributed by atoms with E-state index in [1.807, 2.05) is 19.1 Å². The fourth-order valence-electron chi connectivity index (χ4n) is 1.06. The zero-order valence-corrected chi connectivity index (χ0v) is 7.87. The highest BCUT2D eigenvalue weighted by Crippen LogP contribution is 2.15. The van der Waals surface area contributed by atoms with Crippen LogP contribution in [0.25, 0.3) is 0 Å². The first-order valence-corrected chi connectivity index (χ1v) is 4.16. The summed E-state index contributed by atoms with van der Waals surface area (Å²) >= 11 is 0. The van der Waals surface area contributed by atoms with Gasteiger partial charge in [0, 0.05) is 5.69 Å². The van der Waals surface area contributed by atoms with Crippen molar-refractivity contribution in [2.24, 2.45) is 5.73 Å². The van der Waals surface area contributed by atoms with E-state index in [-0.39, 0.29) is 6.54 Å². The molecule has 0 saturated heterocycles. The van der Waals surface area contributed by atoms with Crippen LogP contribution in [-0.2, 0) is 4.79 Å². The Morgan fingerprint density at radius 3 is 2.93 bits per heavy atom. The van der Waals surface area contributed by atoms with Crippen molar-refractivity contribution in [2.45, 2.75) is 6.92 Å². The number of nitriles is 1. The third-order valence-corrected chi connectivity index (χ3v) is 1.82. The summed E-state index contributed by atoms with van der Waals surface area (Å²) in [6, 6.07) is 7.27. The van der Waals surface area contributed by atoms with Crippen LogP contribution in [0.2, 0.25) is 0 Å². The van der Waals surface area contributed by atoms with Gasteiger partial charge in [0.1, 0.15) is 0 Å². The Kier molecular flexibility index (Phi) is 3.08. The van der Waals surface area contributed by atoms with E-state index >= 15 is 0 Å². The topological polar surface area (TPSA) is 78.9 Å². The van der Waals surface area contributed by atoms with Crippen LogP contribution in [-0.4, -0.2) is 12.5 Å². The number of primary amides is 1. The molecule has 0 bridgehead atoms. The normalized spacial score (nSPS) is 9.14. The van der Waals surface area contributed by atoms with E-state index in [1.165, 1.54) is 0 Å². The van der Waals surface area contributed by atoms with E-state index < -0.39 is 5.91 Å². The van der Waals surface area contributed by atoms with Gasteiger partial charge >= 0.3 is 0 Å². The number of hydrogen-bond donors (Lipinski definition) is 2. The Morgan fingerprint density at radius 1 is 1.64 bits per heavy atom. The molecule has 1 aromatic rings. The van der Waals surface area contributed by atoms with Crippen LogP contribution in [0.4, 0.5) is 5.69 Å². The lowest BCUT2D eigenvalue weighted by Crippen LogP contribution is -2.22. The molecule has 0 atom stereocenters. The Morgan fingerprint density at radius 2 is 2.36 bits per heavy atom. The highest BCUT2D eigenvalue weighted by Gasteiger charge is 2.00. The van der Waals surface area contributed by atoms with Gasteiger partial charge in [-0.05, 0) is 24.6 Å². The number of carbonyl (C=O) groups excluding carboxylic acids is 1. The summed E-state index contributed by atoms with van der Waals surface area (Å²) in [4.78, 5) is 10.5. The molecule has 0 fully saturated rings. The van der Waals surface area contributed by atoms with Gasteiger partial charge in [0.25, 0.3) is 0 Å². The van der Waals surface area contributed by atoms with Crippen LogP contribution in [0.5, 0.6) is 0 Å². The standard InChI is InChI=1S/C10H11N3O/c1-7-2-3-8(5-11)4-9(7)13-6-10(12)14/h2-4,13H,6H2,1H3,(H2,12,14). The highest BCUT2D eigenvalue weighted by molar-refractivity contribution is 5.79. The maximum absolute atomic E-state index is 10.5. The van der Waals surface area contributed by atoms with Gasteiger partial charge in [0.2, 0.25) is 5.91 Å². The van der Waals surface area contributed by atoms with Crippen LogP contribution < -0.4 is 11.1 Å². The number of nitrogens with zero attached hydrogens (tertiary/aromatic N) is 1. The molecule has 0 aromatic heterocycles. The second kappa shape index (κ2) is 4.28. The fourth-order valence-corrected chi connectivity index (χ4v) is 1.06. The zero-order chi connectivity index (χ0) is 10.6. The van der Waals surface area contributed by atoms with E-state index in [0.717, 1.165) is 11.3 Å². The number of benzene rings is 1. The first-order valence-electron chi connectivity index (χ1n) is 4.16. The molecule has 4 nitrogen and oxygen atoms in total. The van der Waals surface area contributed by atoms with Gasteiger partial charge in [0.15, 0.2) is 0 Å². The number of rotatable bonds is 3. The lowest BCUT2D eigenvalue weighted by atomic mass is 10.1. The van der Waals surface area contributed by atoms with Gasteiger partial charge in [-0.2, -0.15) is 5.26 Å². The maximum atomic E-state index is 10.5. The molecule has 3 N–H and O–H groups in total. The van der Waals surface area contributed by atoms with Gasteiger partial charge in [-0.25, -0.2) is 0 Å². The average Bonchev–Trinajstić information content (AvgIpc) is 2.16. The summed E-state index contributed by atoms with van der Waals surface area (Å²) in [7, 11) is 0. The number of nitrogens with two attached hydrogens (primary N) is 1. The molecule has 0 unspecified atom stereocenters. The van der Waals surface area contributed by atoms with E-state index in [0.29, 0.717) is 5.56 Å². The van der Waals surface area contributed by atoms with E-state index in [4.69, 9.17) is 11.0 Å². The second-order valence-electron chi connectivity index (χ2n) is 2.96. The minimum absolute atomic E-state index is 0.0791. The molecule has 0 heterocycles. The van der Waals surface area contributed by atoms with E-state index in [9.17, 15) is 4.79 Å². The SMILES string of the molecule is Cc1ccc(C#N)cc1NCC(N)=O. The zero-order valence-electron chi connectivity index (χ0n) is 7.87. The summed E-state index contributed by atoms with van der Waals surface area (Å²) in [6.45, 7) is 1.97. The molecule has 0 aliphatic rings. The van der Waals surface area contributed by atoms with Crippen molar-refractivity contribution in [3.63, 3.8) is 0 Å². The van der Waals surface area contributed by atoms with Crippen LogP contribution in [0.1, 0.15) is 11.1 Å². The maximum Gasteiger partial charge on any atom is 0.236 e. The Hall–Kier alpha value is -2.02. The third kappa shape index (κ3) is 2.49. The number of hydrogen-bond acceptors (Lipinski definition) is 3. The second-order valence-corrected chi connectivity index (χ2v) is 2.96. The van der Waals surface area contributed by atoms with Crippen LogP contribution >= 0.6 is 0 Å². The Labute approximate surface area is 82.3 Å². The van der Waals surface area contributed by atoms with Gasteiger partial charge in [0.05, 0.1) is 18.2 Å². The largest absolute Gasteiger partial charge is 0.376 e. The molecular formula is C10H11N3O. The minimum atomic E-state index is -0.424. The monoisotopic (exact) mass is 189 g/mol. The van der Waals surface area contributed by atoms with Gasteiger partial charge < -0.3 is 11.1 Å². The molecule has 4 heteroatoms. The molecule has 0 radical (unpaired) electrons. The number of carbonyl (C=O) groups is 1. The molecule has 0 saturated carbocycles. The van der Waals surface area contributed by atoms with Crippen LogP contribution in [0.3, 0.4) is 0 Å². The predicted molar refractivity (Wildman–Crippen MR) is 53.6 cm³/mol. The fraction of sp³-hybridized carbons (Fsp3) is 0.200. The van der Waals surface area contributed by atoms with E-state index in [1.54, 1.807) is 12.1 Å².